The number of rotatable bonds is 6. The molecule has 0 saturated heterocycles. The number of likely N-dealkylation sites (N-methyl/N-ethyl adjacent to an activating group) is 1. The summed E-state index contributed by atoms with van der Waals surface area (Å²) >= 11 is 1.17. The second-order valence-electron chi connectivity index (χ2n) is 5.56. The van der Waals surface area contributed by atoms with E-state index in [1.165, 1.54) is 30.5 Å². The van der Waals surface area contributed by atoms with Crippen molar-refractivity contribution in [3.63, 3.8) is 0 Å². The Morgan fingerprint density at radius 1 is 1.44 bits per heavy atom. The van der Waals surface area contributed by atoms with E-state index in [-0.39, 0.29) is 13.0 Å². The number of aromatic nitrogens is 1. The van der Waals surface area contributed by atoms with Gasteiger partial charge >= 0.3 is 6.03 Å². The van der Waals surface area contributed by atoms with Crippen LogP contribution in [0.2, 0.25) is 0 Å². The second kappa shape index (κ2) is 8.30. The number of aliphatic hydroxyl groups excluding tert-OH is 1. The third-order valence-corrected chi connectivity index (χ3v) is 4.55. The minimum absolute atomic E-state index is 0.152. The van der Waals surface area contributed by atoms with Crippen LogP contribution in [0, 0.1) is 18.6 Å². The van der Waals surface area contributed by atoms with Crippen molar-refractivity contribution in [1.82, 2.24) is 9.88 Å². The van der Waals surface area contributed by atoms with Crippen molar-refractivity contribution in [1.29, 1.82) is 0 Å². The summed E-state index contributed by atoms with van der Waals surface area (Å²) < 4.78 is 39.0. The summed E-state index contributed by atoms with van der Waals surface area (Å²) in [4.78, 5) is 18.1. The van der Waals surface area contributed by atoms with Gasteiger partial charge in [-0.1, -0.05) is 6.07 Å². The molecule has 1 atom stereocenters. The Hall–Kier alpha value is -2.13. The van der Waals surface area contributed by atoms with Crippen molar-refractivity contribution < 1.29 is 23.1 Å². The number of aryl methyl sites for hydroxylation is 1. The summed E-state index contributed by atoms with van der Waals surface area (Å²) in [6, 6.07) is 2.83. The molecule has 25 heavy (non-hydrogen) atoms. The van der Waals surface area contributed by atoms with E-state index in [2.05, 4.69) is 10.3 Å². The van der Waals surface area contributed by atoms with E-state index in [9.17, 15) is 23.1 Å². The number of urea groups is 1. The maximum atomic E-state index is 13.8. The second-order valence-corrected chi connectivity index (χ2v) is 6.64. The van der Waals surface area contributed by atoms with Crippen molar-refractivity contribution in [2.24, 2.45) is 0 Å². The fourth-order valence-corrected chi connectivity index (χ4v) is 3.09. The fraction of sp³-hybridized carbons (Fsp3) is 0.375. The van der Waals surface area contributed by atoms with E-state index in [0.717, 1.165) is 15.8 Å². The topological polar surface area (TPSA) is 65.5 Å². The Labute approximate surface area is 147 Å². The molecule has 1 aromatic heterocycles. The summed E-state index contributed by atoms with van der Waals surface area (Å²) in [6.07, 6.45) is -1.02. The number of benzene rings is 1. The maximum Gasteiger partial charge on any atom is 0.323 e. The molecular weight excluding hydrogens is 355 g/mol. The van der Waals surface area contributed by atoms with E-state index < -0.39 is 30.4 Å². The van der Waals surface area contributed by atoms with Crippen LogP contribution in [0.4, 0.5) is 23.1 Å². The highest BCUT2D eigenvalue weighted by Gasteiger charge is 2.17. The normalized spacial score (nSPS) is 12.1. The lowest BCUT2D eigenvalue weighted by Gasteiger charge is -2.18. The molecule has 1 heterocycles. The molecule has 0 saturated carbocycles. The van der Waals surface area contributed by atoms with Gasteiger partial charge in [-0.05, 0) is 18.6 Å². The minimum Gasteiger partial charge on any atom is -0.389 e. The van der Waals surface area contributed by atoms with Crippen LogP contribution >= 0.6 is 11.3 Å². The lowest BCUT2D eigenvalue weighted by atomic mass is 10.1. The Morgan fingerprint density at radius 2 is 2.16 bits per heavy atom. The third-order valence-electron chi connectivity index (χ3n) is 3.48. The number of anilines is 1. The van der Waals surface area contributed by atoms with Crippen LogP contribution in [0.25, 0.3) is 0 Å². The summed E-state index contributed by atoms with van der Waals surface area (Å²) in [6.45, 7) is 0.626. The standard InChI is InChI=1S/C16H18F3N3O2S/c1-9-14(5-10-3-4-11(18)6-13(10)19)25-15(20-9)21-16(24)22(2)8-12(23)7-17/h3-4,6,12,23H,5,7-8H2,1-2H3,(H,20,21,24). The van der Waals surface area contributed by atoms with E-state index in [1.807, 2.05) is 0 Å². The first-order chi connectivity index (χ1) is 11.8. The molecule has 2 amide bonds. The number of hydrogen-bond acceptors (Lipinski definition) is 4. The van der Waals surface area contributed by atoms with Crippen molar-refractivity contribution in [2.75, 3.05) is 25.6 Å². The van der Waals surface area contributed by atoms with Gasteiger partial charge in [-0.2, -0.15) is 0 Å². The molecule has 0 fully saturated rings. The Balaban J connectivity index is 2.05. The number of alkyl halides is 1. The number of carbonyl (C=O) groups is 1. The van der Waals surface area contributed by atoms with Crippen molar-refractivity contribution >= 4 is 22.5 Å². The van der Waals surface area contributed by atoms with Gasteiger partial charge in [0.25, 0.3) is 0 Å². The molecule has 0 bridgehead atoms. The first-order valence-electron chi connectivity index (χ1n) is 7.46. The number of nitrogens with one attached hydrogen (secondary N) is 1. The summed E-state index contributed by atoms with van der Waals surface area (Å²) in [5.74, 6) is -1.29. The van der Waals surface area contributed by atoms with Crippen LogP contribution in [0.1, 0.15) is 16.1 Å². The molecule has 9 heteroatoms. The highest BCUT2D eigenvalue weighted by Crippen LogP contribution is 2.26. The van der Waals surface area contributed by atoms with E-state index >= 15 is 0 Å². The molecule has 5 nitrogen and oxygen atoms in total. The predicted molar refractivity (Wildman–Crippen MR) is 89.6 cm³/mol. The highest BCUT2D eigenvalue weighted by atomic mass is 32.1. The SMILES string of the molecule is Cc1nc(NC(=O)N(C)CC(O)CF)sc1Cc1ccc(F)cc1F. The van der Waals surface area contributed by atoms with Gasteiger partial charge in [-0.3, -0.25) is 5.32 Å². The van der Waals surface area contributed by atoms with Crippen LogP contribution < -0.4 is 5.32 Å². The van der Waals surface area contributed by atoms with E-state index in [1.54, 1.807) is 6.92 Å². The molecule has 0 aliphatic heterocycles. The van der Waals surface area contributed by atoms with E-state index in [4.69, 9.17) is 0 Å². The monoisotopic (exact) mass is 373 g/mol. The molecule has 1 aromatic carbocycles. The molecule has 0 radical (unpaired) electrons. The molecule has 136 valence electrons. The van der Waals surface area contributed by atoms with Gasteiger partial charge in [0.15, 0.2) is 5.13 Å². The Morgan fingerprint density at radius 3 is 2.80 bits per heavy atom. The molecule has 0 aliphatic rings. The number of aliphatic hydroxyl groups is 1. The third kappa shape index (κ3) is 5.17. The zero-order valence-electron chi connectivity index (χ0n) is 13.7. The molecule has 2 rings (SSSR count). The predicted octanol–water partition coefficient (Wildman–Crippen LogP) is 3.11. The van der Waals surface area contributed by atoms with Crippen molar-refractivity contribution in [2.45, 2.75) is 19.4 Å². The van der Waals surface area contributed by atoms with Crippen molar-refractivity contribution in [3.8, 4) is 0 Å². The average Bonchev–Trinajstić information content (AvgIpc) is 2.89. The molecule has 1 unspecified atom stereocenters. The van der Waals surface area contributed by atoms with Crippen LogP contribution in [0.15, 0.2) is 18.2 Å². The van der Waals surface area contributed by atoms with E-state index in [0.29, 0.717) is 16.4 Å². The number of halogens is 3. The molecule has 2 N–H and O–H groups in total. The zero-order valence-corrected chi connectivity index (χ0v) is 14.5. The number of thiazole rings is 1. The summed E-state index contributed by atoms with van der Waals surface area (Å²) in [7, 11) is 1.42. The Kier molecular flexibility index (Phi) is 6.38. The van der Waals surface area contributed by atoms with Crippen LogP contribution in [0.3, 0.4) is 0 Å². The minimum atomic E-state index is -1.24. The first kappa shape index (κ1) is 19.2. The highest BCUT2D eigenvalue weighted by molar-refractivity contribution is 7.15. The number of nitrogens with zero attached hydrogens (tertiary/aromatic N) is 2. The van der Waals surface area contributed by atoms with Crippen LogP contribution in [0.5, 0.6) is 0 Å². The number of amides is 2. The lowest BCUT2D eigenvalue weighted by Crippen LogP contribution is -2.37. The van der Waals surface area contributed by atoms with Gasteiger partial charge in [0.1, 0.15) is 18.3 Å². The fourth-order valence-electron chi connectivity index (χ4n) is 2.12. The van der Waals surface area contributed by atoms with Crippen LogP contribution in [-0.4, -0.2) is 47.4 Å². The molecule has 2 aromatic rings. The quantitative estimate of drug-likeness (QED) is 0.818. The largest absolute Gasteiger partial charge is 0.389 e. The molecule has 0 aliphatic carbocycles. The Bertz CT molecular complexity index is 754. The van der Waals surface area contributed by atoms with Gasteiger partial charge in [0, 0.05) is 24.4 Å². The summed E-state index contributed by atoms with van der Waals surface area (Å²) in [5, 5.41) is 12.1. The number of hydrogen-bond donors (Lipinski definition) is 2. The first-order valence-corrected chi connectivity index (χ1v) is 8.28. The van der Waals surface area contributed by atoms with Crippen molar-refractivity contribution in [3.05, 3.63) is 46.0 Å². The van der Waals surface area contributed by atoms with Gasteiger partial charge in [0.05, 0.1) is 18.3 Å². The zero-order chi connectivity index (χ0) is 18.6. The van der Waals surface area contributed by atoms with Gasteiger partial charge < -0.3 is 10.0 Å². The van der Waals surface area contributed by atoms with Gasteiger partial charge in [0.2, 0.25) is 0 Å². The van der Waals surface area contributed by atoms with Crippen LogP contribution in [-0.2, 0) is 6.42 Å². The molecular formula is C16H18F3N3O2S. The smallest absolute Gasteiger partial charge is 0.323 e. The molecule has 0 spiro atoms. The average molecular weight is 373 g/mol. The van der Waals surface area contributed by atoms with Gasteiger partial charge in [-0.25, -0.2) is 22.9 Å². The lowest BCUT2D eigenvalue weighted by molar-refractivity contribution is 0.110. The summed E-state index contributed by atoms with van der Waals surface area (Å²) in [5.41, 5.74) is 0.949. The maximum absolute atomic E-state index is 13.8. The number of carbonyl (C=O) groups excluding carboxylic acids is 1. The van der Waals surface area contributed by atoms with Gasteiger partial charge in [-0.15, -0.1) is 11.3 Å².